The zero-order valence-corrected chi connectivity index (χ0v) is 20.0. The first kappa shape index (κ1) is 21.1. The molecule has 2 aliphatic rings. The summed E-state index contributed by atoms with van der Waals surface area (Å²) in [4.78, 5) is 24.6. The Bertz CT molecular complexity index is 1350. The van der Waals surface area contributed by atoms with E-state index in [1.165, 1.54) is 13.0 Å². The van der Waals surface area contributed by atoms with Crippen LogP contribution in [0, 0.1) is 0 Å². The molecule has 0 aromatic heterocycles. The van der Waals surface area contributed by atoms with Gasteiger partial charge >= 0.3 is 11.9 Å². The van der Waals surface area contributed by atoms with Gasteiger partial charge in [-0.05, 0) is 28.6 Å². The Kier molecular flexibility index (Phi) is 4.51. The van der Waals surface area contributed by atoms with Gasteiger partial charge in [-0.2, -0.15) is 0 Å². The highest BCUT2D eigenvalue weighted by molar-refractivity contribution is 7.03. The average molecular weight is 485 g/mol. The average Bonchev–Trinajstić information content (AvgIpc) is 3.03. The molecule has 3 aromatic rings. The molecule has 5 rings (SSSR count). The van der Waals surface area contributed by atoms with Gasteiger partial charge in [-0.1, -0.05) is 66.6 Å². The smallest absolute Gasteiger partial charge is 0.340 e. The van der Waals surface area contributed by atoms with Crippen molar-refractivity contribution in [1.82, 2.24) is 0 Å². The lowest BCUT2D eigenvalue weighted by Crippen LogP contribution is -2.64. The van der Waals surface area contributed by atoms with Gasteiger partial charge in [-0.3, -0.25) is 4.79 Å². The molecule has 0 amide bonds. The first-order valence-electron chi connectivity index (χ1n) is 9.98. The Morgan fingerprint density at radius 3 is 2.28 bits per heavy atom. The molecule has 0 fully saturated rings. The minimum absolute atomic E-state index is 0.0607. The largest absolute Gasteiger partial charge is 0.506 e. The second-order valence-electron chi connectivity index (χ2n) is 8.46. The van der Waals surface area contributed by atoms with Crippen molar-refractivity contribution in [1.29, 1.82) is 0 Å². The van der Waals surface area contributed by atoms with Gasteiger partial charge in [0.25, 0.3) is 0 Å². The molecule has 32 heavy (non-hydrogen) atoms. The molecule has 0 saturated carbocycles. The molecule has 0 saturated heterocycles. The van der Waals surface area contributed by atoms with Gasteiger partial charge in [-0.15, -0.1) is 0 Å². The van der Waals surface area contributed by atoms with E-state index in [0.29, 0.717) is 22.3 Å². The number of rotatable bonds is 1. The standard InChI is InChI=1S/C24H18Cl2O5Si/c1-12(27)30-18-11-9-16-22(20(18)26)32(2,3)21-15(8-10-17(28)19(21)25)24(16)14-7-5-4-6-13(14)23(29)31-24/h4-11,28H,1-3H3. The summed E-state index contributed by atoms with van der Waals surface area (Å²) in [6.07, 6.45) is 0. The maximum atomic E-state index is 13.0. The number of carbonyl (C=O) groups is 2. The first-order chi connectivity index (χ1) is 15.1. The molecule has 8 heteroatoms. The minimum Gasteiger partial charge on any atom is -0.506 e. The molecule has 0 bridgehead atoms. The van der Waals surface area contributed by atoms with E-state index in [-0.39, 0.29) is 21.5 Å². The van der Waals surface area contributed by atoms with Crippen molar-refractivity contribution in [3.63, 3.8) is 0 Å². The predicted molar refractivity (Wildman–Crippen MR) is 124 cm³/mol. The first-order valence-corrected chi connectivity index (χ1v) is 13.7. The van der Waals surface area contributed by atoms with Crippen LogP contribution in [0.5, 0.6) is 11.5 Å². The molecule has 1 N–H and O–H groups in total. The number of esters is 2. The lowest BCUT2D eigenvalue weighted by Gasteiger charge is -2.44. The zero-order chi connectivity index (χ0) is 23.0. The van der Waals surface area contributed by atoms with Crippen LogP contribution in [-0.2, 0) is 15.1 Å². The lowest BCUT2D eigenvalue weighted by atomic mass is 9.79. The number of phenols is 1. The van der Waals surface area contributed by atoms with Crippen LogP contribution in [0.1, 0.15) is 34.0 Å². The fraction of sp³-hybridized carbons (Fsp3) is 0.167. The van der Waals surface area contributed by atoms with Crippen LogP contribution in [0.4, 0.5) is 0 Å². The van der Waals surface area contributed by atoms with Crippen LogP contribution in [0.3, 0.4) is 0 Å². The summed E-state index contributed by atoms with van der Waals surface area (Å²) in [5.74, 6) is -0.783. The third-order valence-electron chi connectivity index (χ3n) is 6.26. The van der Waals surface area contributed by atoms with E-state index < -0.39 is 25.6 Å². The van der Waals surface area contributed by atoms with Crippen molar-refractivity contribution in [3.8, 4) is 11.5 Å². The number of aromatic hydroxyl groups is 1. The number of carbonyl (C=O) groups excluding carboxylic acids is 2. The Hall–Kier alpha value is -2.80. The third-order valence-corrected chi connectivity index (χ3v) is 10.9. The second kappa shape index (κ2) is 6.85. The fourth-order valence-corrected chi connectivity index (χ4v) is 10.3. The maximum absolute atomic E-state index is 13.0. The SMILES string of the molecule is CC(=O)Oc1ccc2c(c1Cl)[Si](C)(C)c1c(ccc(O)c1Cl)C21OC(=O)c2ccccc21. The summed E-state index contributed by atoms with van der Waals surface area (Å²) in [5, 5.41) is 12.4. The van der Waals surface area contributed by atoms with Crippen LogP contribution in [0.25, 0.3) is 0 Å². The fourth-order valence-electron chi connectivity index (χ4n) is 5.05. The topological polar surface area (TPSA) is 72.8 Å². The third kappa shape index (κ3) is 2.57. The number of fused-ring (bicyclic) bond motifs is 6. The Morgan fingerprint density at radius 2 is 1.59 bits per heavy atom. The van der Waals surface area contributed by atoms with Crippen LogP contribution >= 0.6 is 23.2 Å². The molecule has 0 radical (unpaired) electrons. The van der Waals surface area contributed by atoms with Crippen LogP contribution in [0.15, 0.2) is 48.5 Å². The summed E-state index contributed by atoms with van der Waals surface area (Å²) in [7, 11) is -2.68. The highest BCUT2D eigenvalue weighted by Gasteiger charge is 2.57. The van der Waals surface area contributed by atoms with Gasteiger partial charge in [0.05, 0.1) is 15.6 Å². The summed E-state index contributed by atoms with van der Waals surface area (Å²) in [5.41, 5.74) is 1.27. The quantitative estimate of drug-likeness (QED) is 0.318. The van der Waals surface area contributed by atoms with Crippen LogP contribution < -0.4 is 15.1 Å². The Balaban J connectivity index is 1.96. The molecule has 162 valence electrons. The summed E-state index contributed by atoms with van der Waals surface area (Å²) >= 11 is 13.5. The molecule has 5 nitrogen and oxygen atoms in total. The van der Waals surface area contributed by atoms with Crippen molar-refractivity contribution in [2.75, 3.05) is 0 Å². The van der Waals surface area contributed by atoms with Crippen molar-refractivity contribution in [2.24, 2.45) is 0 Å². The van der Waals surface area contributed by atoms with E-state index in [2.05, 4.69) is 13.1 Å². The zero-order valence-electron chi connectivity index (χ0n) is 17.5. The van der Waals surface area contributed by atoms with E-state index in [1.807, 2.05) is 12.1 Å². The van der Waals surface area contributed by atoms with Gasteiger partial charge in [0.1, 0.15) is 19.6 Å². The molecule has 3 aromatic carbocycles. The molecular formula is C24H18Cl2O5Si. The summed E-state index contributed by atoms with van der Waals surface area (Å²) in [6, 6.07) is 13.9. The lowest BCUT2D eigenvalue weighted by molar-refractivity contribution is -0.131. The van der Waals surface area contributed by atoms with Gasteiger partial charge in [-0.25, -0.2) is 4.79 Å². The van der Waals surface area contributed by atoms with Crippen molar-refractivity contribution >= 4 is 53.6 Å². The number of hydrogen-bond acceptors (Lipinski definition) is 5. The Labute approximate surface area is 195 Å². The molecule has 1 unspecified atom stereocenters. The van der Waals surface area contributed by atoms with E-state index in [1.54, 1.807) is 30.3 Å². The van der Waals surface area contributed by atoms with Gasteiger partial charge in [0.15, 0.2) is 5.60 Å². The van der Waals surface area contributed by atoms with Crippen LogP contribution in [0.2, 0.25) is 23.1 Å². The predicted octanol–water partition coefficient (Wildman–Crippen LogP) is 4.22. The van der Waals surface area contributed by atoms with E-state index in [4.69, 9.17) is 32.7 Å². The number of hydrogen-bond donors (Lipinski definition) is 1. The van der Waals surface area contributed by atoms with Gasteiger partial charge in [0.2, 0.25) is 0 Å². The molecule has 2 aliphatic heterocycles. The molecule has 2 heterocycles. The normalized spacial score (nSPS) is 19.7. The molecule has 0 aliphatic carbocycles. The number of benzene rings is 3. The second-order valence-corrected chi connectivity index (χ2v) is 13.5. The van der Waals surface area contributed by atoms with Crippen molar-refractivity contribution in [3.05, 3.63) is 80.8 Å². The maximum Gasteiger partial charge on any atom is 0.340 e. The van der Waals surface area contributed by atoms with E-state index >= 15 is 0 Å². The monoisotopic (exact) mass is 484 g/mol. The summed E-state index contributed by atoms with van der Waals surface area (Å²) < 4.78 is 11.5. The highest BCUT2D eigenvalue weighted by atomic mass is 35.5. The van der Waals surface area contributed by atoms with E-state index in [0.717, 1.165) is 10.4 Å². The number of ether oxygens (including phenoxy) is 2. The molecular weight excluding hydrogens is 467 g/mol. The van der Waals surface area contributed by atoms with Crippen molar-refractivity contribution < 1.29 is 24.2 Å². The minimum atomic E-state index is -2.68. The van der Waals surface area contributed by atoms with Gasteiger partial charge in [0, 0.05) is 23.6 Å². The van der Waals surface area contributed by atoms with Gasteiger partial charge < -0.3 is 14.6 Å². The number of phenolic OH excluding ortho intramolecular Hbond substituents is 1. The molecule has 1 atom stereocenters. The Morgan fingerprint density at radius 1 is 0.969 bits per heavy atom. The summed E-state index contributed by atoms with van der Waals surface area (Å²) in [6.45, 7) is 5.41. The molecule has 1 spiro atoms. The van der Waals surface area contributed by atoms with E-state index in [9.17, 15) is 14.7 Å². The highest BCUT2D eigenvalue weighted by Crippen LogP contribution is 2.51. The number of halogens is 2. The van der Waals surface area contributed by atoms with Crippen molar-refractivity contribution in [2.45, 2.75) is 25.6 Å². The van der Waals surface area contributed by atoms with Crippen LogP contribution in [-0.4, -0.2) is 25.1 Å².